The van der Waals surface area contributed by atoms with Crippen molar-refractivity contribution >= 4 is 17.3 Å². The Balaban J connectivity index is 1.75. The molecule has 0 unspecified atom stereocenters. The zero-order chi connectivity index (χ0) is 18.5. The Bertz CT molecular complexity index is 821. The third kappa shape index (κ3) is 4.15. The molecule has 1 aliphatic rings. The summed E-state index contributed by atoms with van der Waals surface area (Å²) < 4.78 is 23.5. The molecule has 1 saturated heterocycles. The third-order valence-corrected chi connectivity index (χ3v) is 4.02. The average molecular weight is 360 g/mol. The van der Waals surface area contributed by atoms with Gasteiger partial charge in [0, 0.05) is 19.2 Å². The number of ether oxygens (including phenoxy) is 2. The number of nitro benzene ring substituents is 1. The lowest BCUT2D eigenvalue weighted by Crippen LogP contribution is -2.36. The molecule has 1 fully saturated rings. The van der Waals surface area contributed by atoms with Crippen molar-refractivity contribution < 1.29 is 23.6 Å². The van der Waals surface area contributed by atoms with Crippen molar-refractivity contribution in [2.24, 2.45) is 0 Å². The minimum absolute atomic E-state index is 0.0742. The molecule has 0 N–H and O–H groups in total. The lowest BCUT2D eigenvalue weighted by atomic mass is 10.1. The van der Waals surface area contributed by atoms with E-state index in [1.807, 2.05) is 4.90 Å². The molecule has 1 aliphatic heterocycles. The van der Waals surface area contributed by atoms with E-state index in [9.17, 15) is 19.3 Å². The molecule has 0 atom stereocenters. The van der Waals surface area contributed by atoms with Gasteiger partial charge in [0.05, 0.1) is 23.7 Å². The van der Waals surface area contributed by atoms with E-state index in [4.69, 9.17) is 9.47 Å². The van der Waals surface area contributed by atoms with Crippen molar-refractivity contribution in [3.8, 4) is 0 Å². The number of carbonyl (C=O) groups excluding carboxylic acids is 1. The van der Waals surface area contributed by atoms with E-state index in [0.29, 0.717) is 37.6 Å². The number of rotatable bonds is 5. The standard InChI is InChI=1S/C18H17FN2O5/c19-15-3-1-2-13(10-15)12-26-18(22)14-4-5-16(17(11-14)21(23)24)20-6-8-25-9-7-20/h1-5,10-11H,6-9,12H2. The molecule has 3 rings (SSSR count). The first-order chi connectivity index (χ1) is 12.5. The zero-order valence-electron chi connectivity index (χ0n) is 13.9. The molecule has 1 heterocycles. The Labute approximate surface area is 149 Å². The van der Waals surface area contributed by atoms with Crippen LogP contribution in [0.1, 0.15) is 15.9 Å². The van der Waals surface area contributed by atoms with Gasteiger partial charge in [0.25, 0.3) is 5.69 Å². The third-order valence-electron chi connectivity index (χ3n) is 4.02. The van der Waals surface area contributed by atoms with E-state index in [1.165, 1.54) is 30.3 Å². The second-order valence-corrected chi connectivity index (χ2v) is 5.77. The number of nitro groups is 1. The van der Waals surface area contributed by atoms with Crippen LogP contribution in [0.5, 0.6) is 0 Å². The van der Waals surface area contributed by atoms with Crippen LogP contribution in [0.3, 0.4) is 0 Å². The molecular formula is C18H17FN2O5. The topological polar surface area (TPSA) is 81.9 Å². The maximum atomic E-state index is 13.1. The van der Waals surface area contributed by atoms with Crippen LogP contribution in [0.4, 0.5) is 15.8 Å². The van der Waals surface area contributed by atoms with Crippen molar-refractivity contribution in [2.45, 2.75) is 6.61 Å². The second-order valence-electron chi connectivity index (χ2n) is 5.77. The fraction of sp³-hybridized carbons (Fsp3) is 0.278. The maximum Gasteiger partial charge on any atom is 0.338 e. The van der Waals surface area contributed by atoms with Gasteiger partial charge in [-0.1, -0.05) is 12.1 Å². The van der Waals surface area contributed by atoms with E-state index in [1.54, 1.807) is 12.1 Å². The maximum absolute atomic E-state index is 13.1. The quantitative estimate of drug-likeness (QED) is 0.463. The van der Waals surface area contributed by atoms with Crippen LogP contribution in [-0.4, -0.2) is 37.2 Å². The molecule has 0 spiro atoms. The van der Waals surface area contributed by atoms with E-state index in [-0.39, 0.29) is 17.9 Å². The lowest BCUT2D eigenvalue weighted by molar-refractivity contribution is -0.384. The highest BCUT2D eigenvalue weighted by Crippen LogP contribution is 2.30. The van der Waals surface area contributed by atoms with Crippen molar-refractivity contribution in [1.82, 2.24) is 0 Å². The summed E-state index contributed by atoms with van der Waals surface area (Å²) in [5, 5.41) is 11.4. The van der Waals surface area contributed by atoms with E-state index in [2.05, 4.69) is 0 Å². The zero-order valence-corrected chi connectivity index (χ0v) is 13.9. The van der Waals surface area contributed by atoms with Gasteiger partial charge in [0.15, 0.2) is 0 Å². The number of hydrogen-bond acceptors (Lipinski definition) is 6. The molecule has 136 valence electrons. The summed E-state index contributed by atoms with van der Waals surface area (Å²) in [5.41, 5.74) is 0.856. The number of esters is 1. The SMILES string of the molecule is O=C(OCc1cccc(F)c1)c1ccc(N2CCOCC2)c([N+](=O)[O-])c1. The van der Waals surface area contributed by atoms with Crippen molar-refractivity contribution in [3.63, 3.8) is 0 Å². The Morgan fingerprint density at radius 2 is 2.00 bits per heavy atom. The fourth-order valence-corrected chi connectivity index (χ4v) is 2.73. The first-order valence-electron chi connectivity index (χ1n) is 8.07. The predicted molar refractivity (Wildman–Crippen MR) is 91.6 cm³/mol. The van der Waals surface area contributed by atoms with Gasteiger partial charge in [-0.15, -0.1) is 0 Å². The van der Waals surface area contributed by atoms with Crippen LogP contribution in [0.25, 0.3) is 0 Å². The normalized spacial score (nSPS) is 14.1. The van der Waals surface area contributed by atoms with Crippen LogP contribution in [0.15, 0.2) is 42.5 Å². The number of morpholine rings is 1. The van der Waals surface area contributed by atoms with Gasteiger partial charge in [0.1, 0.15) is 18.1 Å². The van der Waals surface area contributed by atoms with Gasteiger partial charge in [-0.3, -0.25) is 10.1 Å². The van der Waals surface area contributed by atoms with Gasteiger partial charge in [0.2, 0.25) is 0 Å². The lowest BCUT2D eigenvalue weighted by Gasteiger charge is -2.28. The summed E-state index contributed by atoms with van der Waals surface area (Å²) >= 11 is 0. The molecule has 26 heavy (non-hydrogen) atoms. The van der Waals surface area contributed by atoms with Crippen LogP contribution < -0.4 is 4.90 Å². The van der Waals surface area contributed by atoms with Crippen LogP contribution >= 0.6 is 0 Å². The van der Waals surface area contributed by atoms with Gasteiger partial charge in [-0.05, 0) is 29.8 Å². The Hall–Kier alpha value is -3.00. The predicted octanol–water partition coefficient (Wildman–Crippen LogP) is 2.93. The monoisotopic (exact) mass is 360 g/mol. The second kappa shape index (κ2) is 7.92. The van der Waals surface area contributed by atoms with Crippen LogP contribution in [0.2, 0.25) is 0 Å². The number of benzene rings is 2. The van der Waals surface area contributed by atoms with Gasteiger partial charge in [-0.2, -0.15) is 0 Å². The minimum atomic E-state index is -0.703. The molecule has 0 amide bonds. The van der Waals surface area contributed by atoms with Gasteiger partial charge >= 0.3 is 5.97 Å². The van der Waals surface area contributed by atoms with Crippen LogP contribution in [-0.2, 0) is 16.1 Å². The molecule has 0 aromatic heterocycles. The number of halogens is 1. The summed E-state index contributed by atoms with van der Waals surface area (Å²) in [6.45, 7) is 1.97. The molecular weight excluding hydrogens is 343 g/mol. The smallest absolute Gasteiger partial charge is 0.338 e. The minimum Gasteiger partial charge on any atom is -0.457 e. The van der Waals surface area contributed by atoms with E-state index >= 15 is 0 Å². The molecule has 0 aliphatic carbocycles. The van der Waals surface area contributed by atoms with Gasteiger partial charge in [-0.25, -0.2) is 9.18 Å². The number of anilines is 1. The molecule has 2 aromatic carbocycles. The van der Waals surface area contributed by atoms with Crippen molar-refractivity contribution in [2.75, 3.05) is 31.2 Å². The van der Waals surface area contributed by atoms with Gasteiger partial charge < -0.3 is 14.4 Å². The molecule has 2 aromatic rings. The largest absolute Gasteiger partial charge is 0.457 e. The first-order valence-corrected chi connectivity index (χ1v) is 8.07. The highest BCUT2D eigenvalue weighted by Gasteiger charge is 2.23. The summed E-state index contributed by atoms with van der Waals surface area (Å²) in [6.07, 6.45) is 0. The fourth-order valence-electron chi connectivity index (χ4n) is 2.73. The summed E-state index contributed by atoms with van der Waals surface area (Å²) in [7, 11) is 0. The summed E-state index contributed by atoms with van der Waals surface area (Å²) in [4.78, 5) is 24.9. The first kappa shape index (κ1) is 17.8. The molecule has 7 nitrogen and oxygen atoms in total. The average Bonchev–Trinajstić information content (AvgIpc) is 2.66. The van der Waals surface area contributed by atoms with E-state index < -0.39 is 16.7 Å². The molecule has 0 bridgehead atoms. The Morgan fingerprint density at radius 3 is 2.69 bits per heavy atom. The van der Waals surface area contributed by atoms with Crippen molar-refractivity contribution in [3.05, 3.63) is 69.5 Å². The Morgan fingerprint density at radius 1 is 1.23 bits per heavy atom. The van der Waals surface area contributed by atoms with E-state index in [0.717, 1.165) is 0 Å². The Kier molecular flexibility index (Phi) is 5.43. The van der Waals surface area contributed by atoms with Crippen LogP contribution in [0, 0.1) is 15.9 Å². The summed E-state index contributed by atoms with van der Waals surface area (Å²) in [5.74, 6) is -1.13. The number of nitrogens with zero attached hydrogens (tertiary/aromatic N) is 2. The highest BCUT2D eigenvalue weighted by molar-refractivity contribution is 5.91. The molecule has 0 saturated carbocycles. The molecule has 8 heteroatoms. The molecule has 0 radical (unpaired) electrons. The number of hydrogen-bond donors (Lipinski definition) is 0. The van der Waals surface area contributed by atoms with Crippen molar-refractivity contribution in [1.29, 1.82) is 0 Å². The highest BCUT2D eigenvalue weighted by atomic mass is 19.1. The summed E-state index contributed by atoms with van der Waals surface area (Å²) in [6, 6.07) is 9.93. The number of carbonyl (C=O) groups is 1.